The number of benzene rings is 1. The zero-order valence-electron chi connectivity index (χ0n) is 12.7. The van der Waals surface area contributed by atoms with Gasteiger partial charge in [-0.1, -0.05) is 18.2 Å². The molecule has 2 unspecified atom stereocenters. The van der Waals surface area contributed by atoms with E-state index in [1.54, 1.807) is 13.3 Å². The largest absolute Gasteiger partial charge is 0.497 e. The Balaban J connectivity index is 2.03. The number of methoxy groups -OCH3 is 1. The van der Waals surface area contributed by atoms with Gasteiger partial charge in [0.05, 0.1) is 18.9 Å². The molecule has 2 atom stereocenters. The molecule has 4 heteroatoms. The first-order valence-electron chi connectivity index (χ1n) is 7.05. The van der Waals surface area contributed by atoms with Crippen LogP contribution in [0.2, 0.25) is 0 Å². The van der Waals surface area contributed by atoms with Crippen molar-refractivity contribution in [3.63, 3.8) is 0 Å². The molecule has 112 valence electrons. The smallest absolute Gasteiger partial charge is 0.119 e. The summed E-state index contributed by atoms with van der Waals surface area (Å²) in [4.78, 5) is 6.45. The van der Waals surface area contributed by atoms with E-state index in [1.807, 2.05) is 49.5 Å². The predicted octanol–water partition coefficient (Wildman–Crippen LogP) is 2.82. The fourth-order valence-electron chi connectivity index (χ4n) is 2.23. The predicted molar refractivity (Wildman–Crippen MR) is 83.2 cm³/mol. The average molecular weight is 286 g/mol. The van der Waals surface area contributed by atoms with Gasteiger partial charge in [-0.15, -0.1) is 0 Å². The second-order valence-corrected chi connectivity index (χ2v) is 5.16. The van der Waals surface area contributed by atoms with Gasteiger partial charge in [0.25, 0.3) is 0 Å². The van der Waals surface area contributed by atoms with Crippen LogP contribution in [0.5, 0.6) is 5.75 Å². The highest BCUT2D eigenvalue weighted by Gasteiger charge is 2.17. The molecule has 21 heavy (non-hydrogen) atoms. The summed E-state index contributed by atoms with van der Waals surface area (Å²) in [7, 11) is 3.61. The molecule has 4 nitrogen and oxygen atoms in total. The molecule has 1 aromatic heterocycles. The maximum atomic E-state index is 10.4. The molecule has 0 saturated heterocycles. The van der Waals surface area contributed by atoms with Crippen LogP contribution in [0.15, 0.2) is 48.7 Å². The van der Waals surface area contributed by atoms with E-state index in [1.165, 1.54) is 0 Å². The second kappa shape index (κ2) is 7.20. The van der Waals surface area contributed by atoms with E-state index in [9.17, 15) is 5.11 Å². The maximum absolute atomic E-state index is 10.4. The van der Waals surface area contributed by atoms with E-state index in [-0.39, 0.29) is 6.04 Å². The van der Waals surface area contributed by atoms with E-state index < -0.39 is 6.10 Å². The second-order valence-electron chi connectivity index (χ2n) is 5.16. The summed E-state index contributed by atoms with van der Waals surface area (Å²) in [5.74, 6) is 0.756. The van der Waals surface area contributed by atoms with Crippen molar-refractivity contribution in [3.05, 3.63) is 59.9 Å². The van der Waals surface area contributed by atoms with E-state index in [2.05, 4.69) is 16.8 Å². The number of aliphatic hydroxyl groups excluding tert-OH is 1. The highest BCUT2D eigenvalue weighted by Crippen LogP contribution is 2.23. The molecule has 0 saturated carbocycles. The Labute approximate surface area is 126 Å². The molecular weight excluding hydrogens is 264 g/mol. The topological polar surface area (TPSA) is 45.6 Å². The molecule has 1 N–H and O–H groups in total. The van der Waals surface area contributed by atoms with Gasteiger partial charge in [-0.2, -0.15) is 0 Å². The summed E-state index contributed by atoms with van der Waals surface area (Å²) in [6.45, 7) is 2.62. The Bertz CT molecular complexity index is 560. The minimum Gasteiger partial charge on any atom is -0.497 e. The van der Waals surface area contributed by atoms with E-state index in [0.29, 0.717) is 6.54 Å². The van der Waals surface area contributed by atoms with Gasteiger partial charge >= 0.3 is 0 Å². The lowest BCUT2D eigenvalue weighted by Gasteiger charge is -2.26. The van der Waals surface area contributed by atoms with Crippen LogP contribution in [0.4, 0.5) is 0 Å². The van der Waals surface area contributed by atoms with Gasteiger partial charge in [0.2, 0.25) is 0 Å². The third kappa shape index (κ3) is 4.03. The van der Waals surface area contributed by atoms with Gasteiger partial charge in [-0.3, -0.25) is 9.88 Å². The SMILES string of the molecule is COc1cccc(C(O)CN(C)C(C)c2ccccn2)c1. The number of aromatic nitrogens is 1. The summed E-state index contributed by atoms with van der Waals surface area (Å²) in [6, 6.07) is 13.6. The Kier molecular flexibility index (Phi) is 5.31. The van der Waals surface area contributed by atoms with Crippen LogP contribution >= 0.6 is 0 Å². The molecular formula is C17H22N2O2. The Morgan fingerprint density at radius 2 is 2.05 bits per heavy atom. The summed E-state index contributed by atoms with van der Waals surface area (Å²) in [5.41, 5.74) is 1.85. The minimum absolute atomic E-state index is 0.145. The molecule has 0 aliphatic heterocycles. The van der Waals surface area contributed by atoms with Crippen LogP contribution in [-0.4, -0.2) is 35.7 Å². The van der Waals surface area contributed by atoms with Crippen LogP contribution in [-0.2, 0) is 0 Å². The number of hydrogen-bond acceptors (Lipinski definition) is 4. The molecule has 0 amide bonds. The van der Waals surface area contributed by atoms with Gasteiger partial charge in [0, 0.05) is 18.8 Å². The van der Waals surface area contributed by atoms with Crippen molar-refractivity contribution in [2.75, 3.05) is 20.7 Å². The zero-order chi connectivity index (χ0) is 15.2. The Morgan fingerprint density at radius 3 is 2.71 bits per heavy atom. The number of nitrogens with zero attached hydrogens (tertiary/aromatic N) is 2. The molecule has 0 spiro atoms. The van der Waals surface area contributed by atoms with Crippen LogP contribution in [0.25, 0.3) is 0 Å². The number of likely N-dealkylation sites (N-methyl/N-ethyl adjacent to an activating group) is 1. The van der Waals surface area contributed by atoms with E-state index in [0.717, 1.165) is 17.0 Å². The summed E-state index contributed by atoms with van der Waals surface area (Å²) >= 11 is 0. The molecule has 1 heterocycles. The van der Waals surface area contributed by atoms with Crippen molar-refractivity contribution < 1.29 is 9.84 Å². The summed E-state index contributed by atoms with van der Waals surface area (Å²) < 4.78 is 5.19. The van der Waals surface area contributed by atoms with E-state index in [4.69, 9.17) is 4.74 Å². The first-order chi connectivity index (χ1) is 10.1. The quantitative estimate of drug-likeness (QED) is 0.887. The molecule has 0 fully saturated rings. The average Bonchev–Trinajstić information content (AvgIpc) is 2.54. The van der Waals surface area contributed by atoms with Crippen molar-refractivity contribution in [2.24, 2.45) is 0 Å². The van der Waals surface area contributed by atoms with Gasteiger partial charge < -0.3 is 9.84 Å². The highest BCUT2D eigenvalue weighted by molar-refractivity contribution is 5.30. The van der Waals surface area contributed by atoms with Crippen molar-refractivity contribution in [3.8, 4) is 5.75 Å². The third-order valence-electron chi connectivity index (χ3n) is 3.72. The highest BCUT2D eigenvalue weighted by atomic mass is 16.5. The first-order valence-corrected chi connectivity index (χ1v) is 7.05. The molecule has 0 bridgehead atoms. The lowest BCUT2D eigenvalue weighted by molar-refractivity contribution is 0.107. The van der Waals surface area contributed by atoms with Gasteiger partial charge in [-0.05, 0) is 43.8 Å². The number of aliphatic hydroxyl groups is 1. The number of ether oxygens (including phenoxy) is 1. The normalized spacial score (nSPS) is 14.0. The number of hydrogen-bond donors (Lipinski definition) is 1. The fourth-order valence-corrected chi connectivity index (χ4v) is 2.23. The van der Waals surface area contributed by atoms with Gasteiger partial charge in [-0.25, -0.2) is 0 Å². The van der Waals surface area contributed by atoms with E-state index >= 15 is 0 Å². The number of pyridine rings is 1. The molecule has 0 radical (unpaired) electrons. The molecule has 1 aromatic carbocycles. The molecule has 0 aliphatic carbocycles. The van der Waals surface area contributed by atoms with Crippen molar-refractivity contribution in [2.45, 2.75) is 19.1 Å². The third-order valence-corrected chi connectivity index (χ3v) is 3.72. The fraction of sp³-hybridized carbons (Fsp3) is 0.353. The summed E-state index contributed by atoms with van der Waals surface area (Å²) in [5, 5.41) is 10.4. The standard InChI is InChI=1S/C17H22N2O2/c1-13(16-9-4-5-10-18-16)19(2)12-17(20)14-7-6-8-15(11-14)21-3/h4-11,13,17,20H,12H2,1-3H3. The minimum atomic E-state index is -0.559. The summed E-state index contributed by atoms with van der Waals surface area (Å²) in [6.07, 6.45) is 1.23. The molecule has 0 aliphatic rings. The van der Waals surface area contributed by atoms with Crippen LogP contribution in [0, 0.1) is 0 Å². The molecule has 2 rings (SSSR count). The van der Waals surface area contributed by atoms with Gasteiger partial charge in [0.1, 0.15) is 5.75 Å². The van der Waals surface area contributed by atoms with Gasteiger partial charge in [0.15, 0.2) is 0 Å². The molecule has 2 aromatic rings. The van der Waals surface area contributed by atoms with Crippen molar-refractivity contribution in [1.29, 1.82) is 0 Å². The van der Waals surface area contributed by atoms with Crippen LogP contribution in [0.1, 0.15) is 30.3 Å². The lowest BCUT2D eigenvalue weighted by atomic mass is 10.1. The van der Waals surface area contributed by atoms with Crippen molar-refractivity contribution in [1.82, 2.24) is 9.88 Å². The maximum Gasteiger partial charge on any atom is 0.119 e. The Morgan fingerprint density at radius 1 is 1.24 bits per heavy atom. The van der Waals surface area contributed by atoms with Crippen LogP contribution in [0.3, 0.4) is 0 Å². The first kappa shape index (κ1) is 15.5. The monoisotopic (exact) mass is 286 g/mol. The van der Waals surface area contributed by atoms with Crippen LogP contribution < -0.4 is 4.74 Å². The zero-order valence-corrected chi connectivity index (χ0v) is 12.7. The lowest BCUT2D eigenvalue weighted by Crippen LogP contribution is -2.28. The number of rotatable bonds is 6. The Hall–Kier alpha value is -1.91. The van der Waals surface area contributed by atoms with Crippen molar-refractivity contribution >= 4 is 0 Å².